The van der Waals surface area contributed by atoms with Gasteiger partial charge < -0.3 is 37.9 Å². The molecule has 1 aromatic rings. The number of carbonyl (C=O) groups excluding carboxylic acids is 3. The number of imide groups is 1. The molecule has 0 fully saturated rings. The molecule has 2 rings (SSSR count). The van der Waals surface area contributed by atoms with Crippen molar-refractivity contribution >= 4 is 23.7 Å². The summed E-state index contributed by atoms with van der Waals surface area (Å²) in [6.45, 7) is 4.46. The Bertz CT molecular complexity index is 921. The summed E-state index contributed by atoms with van der Waals surface area (Å²) < 4.78 is 41.9. The molecule has 15 nitrogen and oxygen atoms in total. The zero-order valence-corrected chi connectivity index (χ0v) is 22.1. The van der Waals surface area contributed by atoms with Crippen LogP contribution < -0.4 is 4.74 Å². The summed E-state index contributed by atoms with van der Waals surface area (Å²) in [4.78, 5) is 45.5. The molecule has 15 heteroatoms. The Kier molecular flexibility index (Phi) is 16.7. The molecule has 0 bridgehead atoms. The minimum atomic E-state index is -0.935. The van der Waals surface area contributed by atoms with Crippen molar-refractivity contribution in [2.75, 3.05) is 92.4 Å². The van der Waals surface area contributed by atoms with E-state index in [0.29, 0.717) is 66.1 Å². The van der Waals surface area contributed by atoms with Gasteiger partial charge in [0.25, 0.3) is 17.5 Å². The van der Waals surface area contributed by atoms with Gasteiger partial charge in [-0.1, -0.05) is 0 Å². The number of nitrogens with zero attached hydrogens (tertiary/aromatic N) is 2. The molecule has 0 saturated heterocycles. The number of hydrogen-bond acceptors (Lipinski definition) is 13. The van der Waals surface area contributed by atoms with E-state index in [0.717, 1.165) is 4.90 Å². The van der Waals surface area contributed by atoms with E-state index in [1.807, 2.05) is 0 Å². The average molecular weight is 571 g/mol. The lowest BCUT2D eigenvalue weighted by atomic mass is 10.3. The van der Waals surface area contributed by atoms with Crippen molar-refractivity contribution < 1.29 is 57.2 Å². The molecule has 0 atom stereocenters. The fraction of sp³-hybridized carbons (Fsp3) is 0.560. The first kappa shape index (κ1) is 32.7. The quantitative estimate of drug-likeness (QED) is 0.0458. The van der Waals surface area contributed by atoms with Crippen molar-refractivity contribution in [3.63, 3.8) is 0 Å². The highest BCUT2D eigenvalue weighted by molar-refractivity contribution is 6.12. The number of nitro benzene ring substituents is 1. The number of non-ortho nitro benzene ring substituents is 1. The normalized spacial score (nSPS) is 12.8. The minimum absolute atomic E-state index is 0.0168. The summed E-state index contributed by atoms with van der Waals surface area (Å²) in [6.07, 6.45) is 1.54. The second kappa shape index (κ2) is 20.4. The molecular formula is C25H34N2O13. The van der Waals surface area contributed by atoms with Gasteiger partial charge in [0, 0.05) is 24.3 Å². The van der Waals surface area contributed by atoms with Gasteiger partial charge in [-0.2, -0.15) is 0 Å². The van der Waals surface area contributed by atoms with Crippen LogP contribution >= 0.6 is 0 Å². The number of hydrogen-bond donors (Lipinski definition) is 0. The van der Waals surface area contributed by atoms with Crippen LogP contribution in [0.2, 0.25) is 0 Å². The topological polar surface area (TPSA) is 171 Å². The smallest absolute Gasteiger partial charge is 0.432 e. The van der Waals surface area contributed by atoms with E-state index < -0.39 is 11.1 Å². The zero-order valence-electron chi connectivity index (χ0n) is 22.1. The molecule has 0 aliphatic carbocycles. The first-order valence-electron chi connectivity index (χ1n) is 12.6. The number of nitro groups is 1. The van der Waals surface area contributed by atoms with Crippen molar-refractivity contribution in [3.8, 4) is 5.75 Å². The Morgan fingerprint density at radius 3 is 1.48 bits per heavy atom. The monoisotopic (exact) mass is 570 g/mol. The van der Waals surface area contributed by atoms with Gasteiger partial charge >= 0.3 is 6.16 Å². The molecule has 1 aromatic carbocycles. The molecule has 1 aliphatic rings. The average Bonchev–Trinajstić information content (AvgIpc) is 3.26. The first-order valence-corrected chi connectivity index (χ1v) is 12.6. The summed E-state index contributed by atoms with van der Waals surface area (Å²) in [5.41, 5.74) is -0.112. The molecular weight excluding hydrogens is 536 g/mol. The summed E-state index contributed by atoms with van der Waals surface area (Å²) in [5.74, 6) is -0.513. The number of ether oxygens (including phenoxy) is 8. The maximum atomic E-state index is 11.6. The Balaban J connectivity index is 1.25. The van der Waals surface area contributed by atoms with Gasteiger partial charge in [0.05, 0.1) is 90.8 Å². The van der Waals surface area contributed by atoms with Crippen molar-refractivity contribution in [3.05, 3.63) is 46.5 Å². The SMILES string of the molecule is O=C(OCCOCCOCCOCCOCCOCCOCCN1C(=O)C=CC1=O)Oc1ccc([N+](=O)[O-])cc1. The molecule has 0 saturated carbocycles. The lowest BCUT2D eigenvalue weighted by Crippen LogP contribution is -2.33. The van der Waals surface area contributed by atoms with Gasteiger partial charge in [0.15, 0.2) is 0 Å². The Labute approximate surface area is 230 Å². The molecule has 40 heavy (non-hydrogen) atoms. The predicted molar refractivity (Wildman–Crippen MR) is 136 cm³/mol. The fourth-order valence-electron chi connectivity index (χ4n) is 2.95. The van der Waals surface area contributed by atoms with Gasteiger partial charge in [0.2, 0.25) is 0 Å². The van der Waals surface area contributed by atoms with E-state index in [4.69, 9.17) is 37.9 Å². The molecule has 2 amide bonds. The highest BCUT2D eigenvalue weighted by atomic mass is 16.7. The van der Waals surface area contributed by atoms with E-state index >= 15 is 0 Å². The molecule has 0 aromatic heterocycles. The highest BCUT2D eigenvalue weighted by Gasteiger charge is 2.22. The molecule has 0 spiro atoms. The van der Waals surface area contributed by atoms with E-state index in [2.05, 4.69) is 0 Å². The lowest BCUT2D eigenvalue weighted by Gasteiger charge is -2.13. The molecule has 1 aliphatic heterocycles. The maximum absolute atomic E-state index is 11.6. The zero-order chi connectivity index (χ0) is 28.8. The van der Waals surface area contributed by atoms with Crippen molar-refractivity contribution in [1.29, 1.82) is 0 Å². The Morgan fingerprint density at radius 1 is 0.650 bits per heavy atom. The Hall–Kier alpha value is -3.47. The van der Waals surface area contributed by atoms with Gasteiger partial charge in [-0.15, -0.1) is 0 Å². The summed E-state index contributed by atoms with van der Waals surface area (Å²) in [5, 5.41) is 10.6. The lowest BCUT2D eigenvalue weighted by molar-refractivity contribution is -0.384. The largest absolute Gasteiger partial charge is 0.513 e. The van der Waals surface area contributed by atoms with Gasteiger partial charge in [-0.3, -0.25) is 24.6 Å². The third-order valence-electron chi connectivity index (χ3n) is 4.92. The van der Waals surface area contributed by atoms with Gasteiger partial charge in [-0.25, -0.2) is 4.79 Å². The number of amides is 2. The molecule has 222 valence electrons. The Morgan fingerprint density at radius 2 is 1.05 bits per heavy atom. The molecule has 0 unspecified atom stereocenters. The van der Waals surface area contributed by atoms with Crippen LogP contribution in [-0.2, 0) is 42.7 Å². The van der Waals surface area contributed by atoms with E-state index in [1.54, 1.807) is 0 Å². The van der Waals surface area contributed by atoms with Crippen molar-refractivity contribution in [2.24, 2.45) is 0 Å². The minimum Gasteiger partial charge on any atom is -0.432 e. The highest BCUT2D eigenvalue weighted by Crippen LogP contribution is 2.17. The van der Waals surface area contributed by atoms with E-state index in [9.17, 15) is 24.5 Å². The van der Waals surface area contributed by atoms with Gasteiger partial charge in [0.1, 0.15) is 12.4 Å². The van der Waals surface area contributed by atoms with Crippen LogP contribution in [0.1, 0.15) is 0 Å². The fourth-order valence-corrected chi connectivity index (χ4v) is 2.95. The summed E-state index contributed by atoms with van der Waals surface area (Å²) in [7, 11) is 0. The van der Waals surface area contributed by atoms with E-state index in [-0.39, 0.29) is 49.6 Å². The maximum Gasteiger partial charge on any atom is 0.513 e. The van der Waals surface area contributed by atoms with Crippen LogP contribution in [-0.4, -0.2) is 120 Å². The third kappa shape index (κ3) is 14.6. The van der Waals surface area contributed by atoms with Crippen LogP contribution in [0.25, 0.3) is 0 Å². The van der Waals surface area contributed by atoms with Crippen molar-refractivity contribution in [2.45, 2.75) is 0 Å². The van der Waals surface area contributed by atoms with Crippen LogP contribution in [0.5, 0.6) is 5.75 Å². The number of benzene rings is 1. The molecule has 1 heterocycles. The first-order chi connectivity index (χ1) is 19.5. The number of rotatable bonds is 23. The van der Waals surface area contributed by atoms with Crippen LogP contribution in [0.15, 0.2) is 36.4 Å². The second-order valence-corrected chi connectivity index (χ2v) is 7.79. The van der Waals surface area contributed by atoms with Gasteiger partial charge in [-0.05, 0) is 12.1 Å². The van der Waals surface area contributed by atoms with Crippen LogP contribution in [0.4, 0.5) is 10.5 Å². The molecule has 0 N–H and O–H groups in total. The molecule has 0 radical (unpaired) electrons. The predicted octanol–water partition coefficient (Wildman–Crippen LogP) is 1.13. The summed E-state index contributed by atoms with van der Waals surface area (Å²) >= 11 is 0. The second-order valence-electron chi connectivity index (χ2n) is 7.79. The third-order valence-corrected chi connectivity index (χ3v) is 4.92. The van der Waals surface area contributed by atoms with Crippen LogP contribution in [0, 0.1) is 10.1 Å². The number of carbonyl (C=O) groups is 3. The van der Waals surface area contributed by atoms with Crippen LogP contribution in [0.3, 0.4) is 0 Å². The van der Waals surface area contributed by atoms with E-state index in [1.165, 1.54) is 36.4 Å². The standard InChI is InChI=1S/C25H34N2O13/c28-23-5-6-24(29)26(23)7-8-33-9-10-34-11-12-35-13-14-36-15-16-37-17-18-38-19-20-39-25(30)40-22-3-1-21(2-4-22)27(31)32/h1-6H,7-20H2. The summed E-state index contributed by atoms with van der Waals surface area (Å²) in [6, 6.07) is 5.04. The van der Waals surface area contributed by atoms with Crippen molar-refractivity contribution in [1.82, 2.24) is 4.90 Å².